The first-order valence-corrected chi connectivity index (χ1v) is 4.60. The summed E-state index contributed by atoms with van der Waals surface area (Å²) >= 11 is 0. The molecule has 3 heteroatoms. The largest absolute Gasteiger partial charge is 0.472 e. The number of nitrogens with one attached hydrogen (secondary N) is 1. The van der Waals surface area contributed by atoms with Gasteiger partial charge in [-0.25, -0.2) is 0 Å². The fraction of sp³-hybridized carbons (Fsp3) is 0.600. The van der Waals surface area contributed by atoms with Gasteiger partial charge in [0, 0.05) is 18.7 Å². The highest BCUT2D eigenvalue weighted by molar-refractivity contribution is 5.04. The number of aliphatic hydroxyl groups excluding tert-OH is 1. The third-order valence-corrected chi connectivity index (χ3v) is 2.03. The lowest BCUT2D eigenvalue weighted by Gasteiger charge is -2.14. The highest BCUT2D eigenvalue weighted by Gasteiger charge is 2.07. The summed E-state index contributed by atoms with van der Waals surface area (Å²) in [7, 11) is 0. The van der Waals surface area contributed by atoms with Crippen LogP contribution >= 0.6 is 0 Å². The lowest BCUT2D eigenvalue weighted by atomic mass is 10.1. The standard InChI is InChI=1S/C10H17NO2/c1-8(2)10(12)6-11-5-9-3-4-13-7-9/h3-4,7-8,10-12H,5-6H2,1-2H3. The molecule has 0 amide bonds. The van der Waals surface area contributed by atoms with Crippen LogP contribution in [-0.2, 0) is 6.54 Å². The van der Waals surface area contributed by atoms with Crippen LogP contribution < -0.4 is 5.32 Å². The van der Waals surface area contributed by atoms with Crippen LogP contribution in [0.5, 0.6) is 0 Å². The summed E-state index contributed by atoms with van der Waals surface area (Å²) in [5.41, 5.74) is 1.11. The Balaban J connectivity index is 2.14. The molecule has 0 spiro atoms. The van der Waals surface area contributed by atoms with E-state index < -0.39 is 0 Å². The molecule has 13 heavy (non-hydrogen) atoms. The predicted octanol–water partition coefficient (Wildman–Crippen LogP) is 1.39. The molecule has 0 bridgehead atoms. The van der Waals surface area contributed by atoms with Crippen molar-refractivity contribution < 1.29 is 9.52 Å². The van der Waals surface area contributed by atoms with Crippen molar-refractivity contribution in [3.05, 3.63) is 24.2 Å². The summed E-state index contributed by atoms with van der Waals surface area (Å²) < 4.78 is 4.92. The van der Waals surface area contributed by atoms with E-state index in [1.165, 1.54) is 0 Å². The molecule has 0 aromatic carbocycles. The number of hydrogen-bond acceptors (Lipinski definition) is 3. The maximum atomic E-state index is 9.47. The van der Waals surface area contributed by atoms with Gasteiger partial charge in [-0.2, -0.15) is 0 Å². The van der Waals surface area contributed by atoms with Crippen LogP contribution in [0.2, 0.25) is 0 Å². The molecule has 0 aliphatic heterocycles. The van der Waals surface area contributed by atoms with E-state index in [1.807, 2.05) is 19.9 Å². The molecule has 0 saturated carbocycles. The monoisotopic (exact) mass is 183 g/mol. The fourth-order valence-corrected chi connectivity index (χ4v) is 0.993. The van der Waals surface area contributed by atoms with Crippen LogP contribution in [-0.4, -0.2) is 17.8 Å². The first-order valence-electron chi connectivity index (χ1n) is 4.60. The Kier molecular flexibility index (Phi) is 3.99. The molecule has 2 N–H and O–H groups in total. The second-order valence-corrected chi connectivity index (χ2v) is 3.57. The van der Waals surface area contributed by atoms with E-state index in [2.05, 4.69) is 5.32 Å². The predicted molar refractivity (Wildman–Crippen MR) is 51.3 cm³/mol. The summed E-state index contributed by atoms with van der Waals surface area (Å²) in [6, 6.07) is 1.91. The Morgan fingerprint density at radius 3 is 2.85 bits per heavy atom. The quantitative estimate of drug-likeness (QED) is 0.725. The minimum Gasteiger partial charge on any atom is -0.472 e. The van der Waals surface area contributed by atoms with E-state index in [1.54, 1.807) is 12.5 Å². The Labute approximate surface area is 78.8 Å². The second-order valence-electron chi connectivity index (χ2n) is 3.57. The summed E-state index contributed by atoms with van der Waals surface area (Å²) in [5.74, 6) is 0.303. The minimum absolute atomic E-state index is 0.271. The average molecular weight is 183 g/mol. The number of rotatable bonds is 5. The van der Waals surface area contributed by atoms with Gasteiger partial charge in [-0.3, -0.25) is 0 Å². The number of aliphatic hydroxyl groups is 1. The smallest absolute Gasteiger partial charge is 0.0947 e. The van der Waals surface area contributed by atoms with Crippen molar-refractivity contribution in [1.82, 2.24) is 5.32 Å². The Hall–Kier alpha value is -0.800. The molecule has 1 aromatic heterocycles. The number of hydrogen-bond donors (Lipinski definition) is 2. The second kappa shape index (κ2) is 5.04. The van der Waals surface area contributed by atoms with Crippen LogP contribution in [0.15, 0.2) is 23.0 Å². The summed E-state index contributed by atoms with van der Waals surface area (Å²) in [5, 5.41) is 12.6. The van der Waals surface area contributed by atoms with Crippen molar-refractivity contribution >= 4 is 0 Å². The lowest BCUT2D eigenvalue weighted by molar-refractivity contribution is 0.123. The normalized spacial score (nSPS) is 13.5. The van der Waals surface area contributed by atoms with Crippen molar-refractivity contribution in [2.45, 2.75) is 26.5 Å². The van der Waals surface area contributed by atoms with Gasteiger partial charge >= 0.3 is 0 Å². The zero-order chi connectivity index (χ0) is 9.68. The first kappa shape index (κ1) is 10.3. The van der Waals surface area contributed by atoms with Crippen LogP contribution in [0, 0.1) is 5.92 Å². The number of furan rings is 1. The van der Waals surface area contributed by atoms with Gasteiger partial charge in [-0.05, 0) is 12.0 Å². The van der Waals surface area contributed by atoms with E-state index in [4.69, 9.17) is 4.42 Å². The molecule has 0 aliphatic carbocycles. The summed E-state index contributed by atoms with van der Waals surface area (Å²) in [4.78, 5) is 0. The molecule has 0 fully saturated rings. The maximum Gasteiger partial charge on any atom is 0.0947 e. The van der Waals surface area contributed by atoms with Crippen LogP contribution in [0.25, 0.3) is 0 Å². The van der Waals surface area contributed by atoms with Gasteiger partial charge in [0.2, 0.25) is 0 Å². The molecular formula is C10H17NO2. The van der Waals surface area contributed by atoms with E-state index in [0.717, 1.165) is 12.1 Å². The molecule has 3 nitrogen and oxygen atoms in total. The fourth-order valence-electron chi connectivity index (χ4n) is 0.993. The third-order valence-electron chi connectivity index (χ3n) is 2.03. The van der Waals surface area contributed by atoms with Gasteiger partial charge in [-0.1, -0.05) is 13.8 Å². The van der Waals surface area contributed by atoms with Gasteiger partial charge in [-0.15, -0.1) is 0 Å². The molecule has 74 valence electrons. The van der Waals surface area contributed by atoms with E-state index in [0.29, 0.717) is 12.5 Å². The molecule has 0 radical (unpaired) electrons. The van der Waals surface area contributed by atoms with Gasteiger partial charge in [0.05, 0.1) is 18.6 Å². The minimum atomic E-state index is -0.271. The molecule has 0 saturated heterocycles. The highest BCUT2D eigenvalue weighted by atomic mass is 16.3. The van der Waals surface area contributed by atoms with Crippen molar-refractivity contribution in [2.75, 3.05) is 6.54 Å². The highest BCUT2D eigenvalue weighted by Crippen LogP contribution is 2.01. The zero-order valence-electron chi connectivity index (χ0n) is 8.16. The van der Waals surface area contributed by atoms with E-state index >= 15 is 0 Å². The Morgan fingerprint density at radius 2 is 2.31 bits per heavy atom. The SMILES string of the molecule is CC(C)C(O)CNCc1ccoc1. The van der Waals surface area contributed by atoms with Crippen molar-refractivity contribution in [1.29, 1.82) is 0 Å². The van der Waals surface area contributed by atoms with Crippen molar-refractivity contribution in [2.24, 2.45) is 5.92 Å². The van der Waals surface area contributed by atoms with Gasteiger partial charge < -0.3 is 14.8 Å². The molecule has 1 atom stereocenters. The Morgan fingerprint density at radius 1 is 1.54 bits per heavy atom. The maximum absolute atomic E-state index is 9.47. The molecule has 1 heterocycles. The zero-order valence-corrected chi connectivity index (χ0v) is 8.16. The third kappa shape index (κ3) is 3.61. The molecule has 1 unspecified atom stereocenters. The van der Waals surface area contributed by atoms with Gasteiger partial charge in [0.15, 0.2) is 0 Å². The molecule has 1 aromatic rings. The molecular weight excluding hydrogens is 166 g/mol. The van der Waals surface area contributed by atoms with Crippen molar-refractivity contribution in [3.8, 4) is 0 Å². The van der Waals surface area contributed by atoms with Crippen LogP contribution in [0.3, 0.4) is 0 Å². The summed E-state index contributed by atoms with van der Waals surface area (Å²) in [6.45, 7) is 5.39. The molecule has 1 rings (SSSR count). The molecule has 0 aliphatic rings. The van der Waals surface area contributed by atoms with Crippen LogP contribution in [0.4, 0.5) is 0 Å². The lowest BCUT2D eigenvalue weighted by Crippen LogP contribution is -2.30. The van der Waals surface area contributed by atoms with Crippen LogP contribution in [0.1, 0.15) is 19.4 Å². The Bertz CT molecular complexity index is 219. The van der Waals surface area contributed by atoms with E-state index in [-0.39, 0.29) is 6.10 Å². The van der Waals surface area contributed by atoms with Gasteiger partial charge in [0.25, 0.3) is 0 Å². The first-order chi connectivity index (χ1) is 6.20. The van der Waals surface area contributed by atoms with E-state index in [9.17, 15) is 5.11 Å². The average Bonchev–Trinajstić information content (AvgIpc) is 2.56. The topological polar surface area (TPSA) is 45.4 Å². The summed E-state index contributed by atoms with van der Waals surface area (Å²) in [6.07, 6.45) is 3.08. The van der Waals surface area contributed by atoms with Crippen molar-refractivity contribution in [3.63, 3.8) is 0 Å². The van der Waals surface area contributed by atoms with Gasteiger partial charge in [0.1, 0.15) is 0 Å².